The predicted octanol–water partition coefficient (Wildman–Crippen LogP) is 3.93. The molecule has 2 heterocycles. The number of nitrogens with zero attached hydrogens (tertiary/aromatic N) is 1. The molecule has 1 aliphatic rings. The topological polar surface area (TPSA) is 88.7 Å². The number of carbonyl (C=O) groups excluding carboxylic acids is 2. The highest BCUT2D eigenvalue weighted by molar-refractivity contribution is 5.97. The van der Waals surface area contributed by atoms with Crippen LogP contribution in [0, 0.1) is 12.8 Å². The first-order valence-corrected chi connectivity index (χ1v) is 11.2. The number of benzene rings is 2. The van der Waals surface area contributed by atoms with E-state index < -0.39 is 42.8 Å². The molecule has 1 saturated heterocycles. The van der Waals surface area contributed by atoms with Gasteiger partial charge in [-0.3, -0.25) is 14.4 Å². The molecule has 0 bridgehead atoms. The number of fused-ring (bicyclic) bond motifs is 1. The maximum absolute atomic E-state index is 14.2. The van der Waals surface area contributed by atoms with Gasteiger partial charge in [-0.25, -0.2) is 8.78 Å². The van der Waals surface area contributed by atoms with Gasteiger partial charge in [-0.15, -0.1) is 0 Å². The number of hydrogen-bond donors (Lipinski definition) is 1. The van der Waals surface area contributed by atoms with E-state index in [0.29, 0.717) is 10.8 Å². The summed E-state index contributed by atoms with van der Waals surface area (Å²) < 4.78 is 38.7. The number of carbonyl (C=O) groups is 2. The summed E-state index contributed by atoms with van der Waals surface area (Å²) >= 11 is 0. The monoisotopic (exact) mass is 484 g/mol. The van der Waals surface area contributed by atoms with E-state index in [1.165, 1.54) is 13.0 Å². The maximum Gasteiger partial charge on any atom is 0.310 e. The lowest BCUT2D eigenvalue weighted by atomic mass is 9.95. The second kappa shape index (κ2) is 9.48. The summed E-state index contributed by atoms with van der Waals surface area (Å²) in [6.07, 6.45) is -0.123. The number of rotatable bonds is 5. The molecular formula is C26H26F2N2O5. The highest BCUT2D eigenvalue weighted by Crippen LogP contribution is 2.33. The molecule has 7 nitrogen and oxygen atoms in total. The zero-order valence-corrected chi connectivity index (χ0v) is 19.6. The van der Waals surface area contributed by atoms with Gasteiger partial charge in [0.1, 0.15) is 5.75 Å². The summed E-state index contributed by atoms with van der Waals surface area (Å²) in [5.41, 5.74) is 2.54. The summed E-state index contributed by atoms with van der Waals surface area (Å²) in [5, 5.41) is 1.09. The SMILES string of the molecule is COC(=O)C1CN(C(=O)[C@@H](C)Oc2ccc3c(-c4ccccc4C)c[nH]c(=O)c3c2)CC(F)(F)C1. The fraction of sp³-hybridized carbons (Fsp3) is 0.346. The van der Waals surface area contributed by atoms with Crippen LogP contribution in [0.25, 0.3) is 21.9 Å². The Morgan fingerprint density at radius 2 is 1.89 bits per heavy atom. The summed E-state index contributed by atoms with van der Waals surface area (Å²) in [6, 6.07) is 12.7. The number of nitrogens with one attached hydrogen (secondary N) is 1. The van der Waals surface area contributed by atoms with Crippen molar-refractivity contribution in [3.8, 4) is 16.9 Å². The van der Waals surface area contributed by atoms with Crippen LogP contribution >= 0.6 is 0 Å². The molecule has 2 aromatic carbocycles. The molecular weight excluding hydrogens is 458 g/mol. The molecule has 184 valence electrons. The summed E-state index contributed by atoms with van der Waals surface area (Å²) in [7, 11) is 1.12. The van der Waals surface area contributed by atoms with Gasteiger partial charge in [0.2, 0.25) is 0 Å². The van der Waals surface area contributed by atoms with E-state index in [0.717, 1.165) is 28.7 Å². The minimum atomic E-state index is -3.21. The Labute approximate surface area is 200 Å². The molecule has 0 spiro atoms. The second-order valence-corrected chi connectivity index (χ2v) is 8.81. The van der Waals surface area contributed by atoms with Crippen molar-refractivity contribution in [3.63, 3.8) is 0 Å². The van der Waals surface area contributed by atoms with Crippen molar-refractivity contribution in [1.29, 1.82) is 0 Å². The quantitative estimate of drug-likeness (QED) is 0.555. The van der Waals surface area contributed by atoms with Crippen LogP contribution in [0.15, 0.2) is 53.5 Å². The molecule has 35 heavy (non-hydrogen) atoms. The number of piperidine rings is 1. The lowest BCUT2D eigenvalue weighted by Crippen LogP contribution is -2.54. The van der Waals surface area contributed by atoms with Gasteiger partial charge in [0, 0.05) is 24.7 Å². The number of aromatic nitrogens is 1. The molecule has 1 aromatic heterocycles. The third-order valence-corrected chi connectivity index (χ3v) is 6.22. The Kier molecular flexibility index (Phi) is 6.60. The van der Waals surface area contributed by atoms with Gasteiger partial charge in [0.25, 0.3) is 17.4 Å². The number of H-pyrrole nitrogens is 1. The number of methoxy groups -OCH3 is 1. The normalized spacial score (nSPS) is 18.2. The van der Waals surface area contributed by atoms with Crippen molar-refractivity contribution in [2.45, 2.75) is 32.3 Å². The number of likely N-dealkylation sites (tertiary alicyclic amines) is 1. The summed E-state index contributed by atoms with van der Waals surface area (Å²) in [5.74, 6) is -5.54. The van der Waals surface area contributed by atoms with Crippen molar-refractivity contribution in [2.75, 3.05) is 20.2 Å². The van der Waals surface area contributed by atoms with Crippen molar-refractivity contribution in [3.05, 3.63) is 64.6 Å². The molecule has 9 heteroatoms. The fourth-order valence-electron chi connectivity index (χ4n) is 4.51. The number of esters is 1. The molecule has 1 amide bonds. The van der Waals surface area contributed by atoms with E-state index in [2.05, 4.69) is 9.72 Å². The van der Waals surface area contributed by atoms with Crippen LogP contribution < -0.4 is 10.3 Å². The van der Waals surface area contributed by atoms with Crippen LogP contribution in [0.1, 0.15) is 18.9 Å². The lowest BCUT2D eigenvalue weighted by molar-refractivity contribution is -0.164. The van der Waals surface area contributed by atoms with Crippen LogP contribution in [0.4, 0.5) is 8.78 Å². The van der Waals surface area contributed by atoms with Crippen molar-refractivity contribution in [1.82, 2.24) is 9.88 Å². The smallest absolute Gasteiger partial charge is 0.310 e. The first kappa shape index (κ1) is 24.4. The molecule has 1 N–H and O–H groups in total. The van der Waals surface area contributed by atoms with Gasteiger partial charge in [-0.05, 0) is 48.6 Å². The van der Waals surface area contributed by atoms with Crippen LogP contribution in [-0.2, 0) is 14.3 Å². The van der Waals surface area contributed by atoms with Crippen molar-refractivity contribution >= 4 is 22.6 Å². The predicted molar refractivity (Wildman–Crippen MR) is 126 cm³/mol. The summed E-state index contributed by atoms with van der Waals surface area (Å²) in [4.78, 5) is 41.0. The summed E-state index contributed by atoms with van der Waals surface area (Å²) in [6.45, 7) is 2.45. The number of pyridine rings is 1. The van der Waals surface area contributed by atoms with Gasteiger partial charge < -0.3 is 19.4 Å². The van der Waals surface area contributed by atoms with Crippen LogP contribution in [-0.4, -0.2) is 54.0 Å². The molecule has 2 atom stereocenters. The number of aryl methyl sites for hydroxylation is 1. The Hall–Kier alpha value is -3.75. The number of alkyl halides is 2. The standard InChI is InChI=1S/C26H26F2N2O5/c1-15-6-4-5-7-19(15)22-12-29-23(31)21-10-18(8-9-20(21)22)35-16(2)24(32)30-13-17(25(33)34-3)11-26(27,28)14-30/h4-10,12,16-17H,11,13-14H2,1-3H3,(H,29,31)/t16-,17?/m1/s1. The minimum Gasteiger partial charge on any atom is -0.481 e. The number of amides is 1. The molecule has 1 aliphatic heterocycles. The molecule has 0 aliphatic carbocycles. The van der Waals surface area contributed by atoms with E-state index in [-0.39, 0.29) is 17.9 Å². The van der Waals surface area contributed by atoms with E-state index in [1.54, 1.807) is 18.3 Å². The zero-order chi connectivity index (χ0) is 25.3. The van der Waals surface area contributed by atoms with Gasteiger partial charge in [0.05, 0.1) is 25.0 Å². The number of ether oxygens (including phenoxy) is 2. The van der Waals surface area contributed by atoms with Gasteiger partial charge >= 0.3 is 5.97 Å². The number of hydrogen-bond acceptors (Lipinski definition) is 5. The maximum atomic E-state index is 14.2. The zero-order valence-electron chi connectivity index (χ0n) is 19.6. The fourth-order valence-corrected chi connectivity index (χ4v) is 4.51. The van der Waals surface area contributed by atoms with Gasteiger partial charge in [-0.2, -0.15) is 0 Å². The number of halogens is 2. The first-order valence-electron chi connectivity index (χ1n) is 11.2. The van der Waals surface area contributed by atoms with E-state index in [4.69, 9.17) is 4.74 Å². The first-order chi connectivity index (χ1) is 16.6. The minimum absolute atomic E-state index is 0.175. The largest absolute Gasteiger partial charge is 0.481 e. The molecule has 4 rings (SSSR count). The third kappa shape index (κ3) is 5.03. The van der Waals surface area contributed by atoms with Crippen LogP contribution in [0.3, 0.4) is 0 Å². The average molecular weight is 484 g/mol. The molecule has 3 aromatic rings. The second-order valence-electron chi connectivity index (χ2n) is 8.81. The Morgan fingerprint density at radius 1 is 1.14 bits per heavy atom. The van der Waals surface area contributed by atoms with Crippen molar-refractivity contribution in [2.24, 2.45) is 5.92 Å². The van der Waals surface area contributed by atoms with Gasteiger partial charge in [0.15, 0.2) is 6.10 Å². The molecule has 1 fully saturated rings. The molecule has 1 unspecified atom stereocenters. The van der Waals surface area contributed by atoms with E-state index >= 15 is 0 Å². The Morgan fingerprint density at radius 3 is 2.60 bits per heavy atom. The van der Waals surface area contributed by atoms with Crippen LogP contribution in [0.2, 0.25) is 0 Å². The lowest BCUT2D eigenvalue weighted by Gasteiger charge is -2.37. The van der Waals surface area contributed by atoms with Gasteiger partial charge in [-0.1, -0.05) is 24.3 Å². The van der Waals surface area contributed by atoms with Crippen LogP contribution in [0.5, 0.6) is 5.75 Å². The molecule has 0 saturated carbocycles. The van der Waals surface area contributed by atoms with Crippen molar-refractivity contribution < 1.29 is 27.8 Å². The Balaban J connectivity index is 1.58. The molecule has 0 radical (unpaired) electrons. The van der Waals surface area contributed by atoms with E-state index in [9.17, 15) is 23.2 Å². The highest BCUT2D eigenvalue weighted by Gasteiger charge is 2.45. The Bertz CT molecular complexity index is 1340. The number of aromatic amines is 1. The average Bonchev–Trinajstić information content (AvgIpc) is 2.83. The highest BCUT2D eigenvalue weighted by atomic mass is 19.3. The third-order valence-electron chi connectivity index (χ3n) is 6.22. The van der Waals surface area contributed by atoms with E-state index in [1.807, 2.05) is 31.2 Å².